The van der Waals surface area contributed by atoms with Crippen LogP contribution in [-0.2, 0) is 4.79 Å². The number of carboxylic acids is 1. The maximum Gasteiger partial charge on any atom is 0.313 e. The number of ether oxygens (including phenoxy) is 1. The van der Waals surface area contributed by atoms with Crippen molar-refractivity contribution in [2.45, 2.75) is 52.0 Å². The number of aliphatic carboxylic acids is 1. The smallest absolute Gasteiger partial charge is 0.313 e. The Labute approximate surface area is 173 Å². The number of carboxylic acid groups (broad SMARTS) is 1. The summed E-state index contributed by atoms with van der Waals surface area (Å²) in [5.74, 6) is -0.296. The first-order chi connectivity index (χ1) is 14.1. The second-order valence-corrected chi connectivity index (χ2v) is 8.86. The van der Waals surface area contributed by atoms with Crippen LogP contribution in [-0.4, -0.2) is 37.4 Å². The van der Waals surface area contributed by atoms with Crippen molar-refractivity contribution in [1.29, 1.82) is 0 Å². The first-order valence-electron chi connectivity index (χ1n) is 10.2. The standard InChI is InChI=1S/C21H26N4O3S/c1-3-14(4-2)18(25-12-22-23-13-25)15-6-7-16-17(10-15)29-20(24-16)28-11-21(19(26)27)8-5-9-21/h6-7,10,12-14,18H,3-5,8-9,11H2,1-2H3,(H,26,27). The van der Waals surface area contributed by atoms with E-state index in [1.807, 2.05) is 6.07 Å². The fraction of sp³-hybridized carbons (Fsp3) is 0.524. The molecule has 0 bridgehead atoms. The molecular weight excluding hydrogens is 388 g/mol. The lowest BCUT2D eigenvalue weighted by atomic mass is 9.69. The first kappa shape index (κ1) is 19.8. The van der Waals surface area contributed by atoms with Gasteiger partial charge in [-0.15, -0.1) is 10.2 Å². The highest BCUT2D eigenvalue weighted by Gasteiger charge is 2.45. The third kappa shape index (κ3) is 3.73. The highest BCUT2D eigenvalue weighted by Crippen LogP contribution is 2.42. The van der Waals surface area contributed by atoms with E-state index in [9.17, 15) is 9.90 Å². The van der Waals surface area contributed by atoms with E-state index in [4.69, 9.17) is 4.74 Å². The van der Waals surface area contributed by atoms with E-state index in [-0.39, 0.29) is 12.6 Å². The Hall–Kier alpha value is -2.48. The number of nitrogens with zero attached hydrogens (tertiary/aromatic N) is 4. The zero-order valence-corrected chi connectivity index (χ0v) is 17.6. The van der Waals surface area contributed by atoms with Crippen molar-refractivity contribution in [3.8, 4) is 5.19 Å². The second kappa shape index (κ2) is 8.10. The fourth-order valence-electron chi connectivity index (χ4n) is 4.16. The van der Waals surface area contributed by atoms with Crippen molar-refractivity contribution in [3.05, 3.63) is 36.4 Å². The Morgan fingerprint density at radius 2 is 2.00 bits per heavy atom. The Morgan fingerprint density at radius 3 is 2.59 bits per heavy atom. The quantitative estimate of drug-likeness (QED) is 0.552. The van der Waals surface area contributed by atoms with Gasteiger partial charge in [-0.1, -0.05) is 50.5 Å². The molecule has 1 aliphatic rings. The van der Waals surface area contributed by atoms with Gasteiger partial charge >= 0.3 is 5.97 Å². The second-order valence-electron chi connectivity index (χ2n) is 7.87. The molecule has 1 aliphatic carbocycles. The van der Waals surface area contributed by atoms with Crippen molar-refractivity contribution in [2.75, 3.05) is 6.61 Å². The molecule has 154 valence electrons. The van der Waals surface area contributed by atoms with Crippen LogP contribution in [0.15, 0.2) is 30.9 Å². The number of carbonyl (C=O) groups is 1. The van der Waals surface area contributed by atoms with Gasteiger partial charge in [0.2, 0.25) is 0 Å². The molecule has 1 saturated carbocycles. The van der Waals surface area contributed by atoms with Crippen molar-refractivity contribution in [3.63, 3.8) is 0 Å². The van der Waals surface area contributed by atoms with Gasteiger partial charge in [0, 0.05) is 0 Å². The van der Waals surface area contributed by atoms with Crippen LogP contribution in [0.1, 0.15) is 57.6 Å². The Morgan fingerprint density at radius 1 is 1.28 bits per heavy atom. The number of hydrogen-bond donors (Lipinski definition) is 1. The van der Waals surface area contributed by atoms with Crippen molar-refractivity contribution in [1.82, 2.24) is 19.7 Å². The summed E-state index contributed by atoms with van der Waals surface area (Å²) in [6.07, 6.45) is 7.97. The molecule has 2 heterocycles. The summed E-state index contributed by atoms with van der Waals surface area (Å²) >= 11 is 1.47. The van der Waals surface area contributed by atoms with Crippen LogP contribution in [0.5, 0.6) is 5.19 Å². The first-order valence-corrected chi connectivity index (χ1v) is 11.0. The predicted molar refractivity (Wildman–Crippen MR) is 111 cm³/mol. The minimum absolute atomic E-state index is 0.168. The van der Waals surface area contributed by atoms with Gasteiger partial charge in [-0.3, -0.25) is 4.79 Å². The third-order valence-electron chi connectivity index (χ3n) is 6.22. The SMILES string of the molecule is CCC(CC)C(c1ccc2nc(OCC3(C(=O)O)CCC3)sc2c1)n1cnnc1. The Kier molecular flexibility index (Phi) is 5.54. The topological polar surface area (TPSA) is 90.1 Å². The van der Waals surface area contributed by atoms with E-state index in [2.05, 4.69) is 45.7 Å². The number of rotatable bonds is 9. The van der Waals surface area contributed by atoms with Crippen LogP contribution in [0.4, 0.5) is 0 Å². The van der Waals surface area contributed by atoms with Gasteiger partial charge < -0.3 is 14.4 Å². The van der Waals surface area contributed by atoms with Crippen molar-refractivity contribution < 1.29 is 14.6 Å². The van der Waals surface area contributed by atoms with Gasteiger partial charge in [-0.25, -0.2) is 4.98 Å². The van der Waals surface area contributed by atoms with Gasteiger partial charge in [-0.05, 0) is 36.5 Å². The van der Waals surface area contributed by atoms with E-state index in [1.165, 1.54) is 16.9 Å². The minimum Gasteiger partial charge on any atom is -0.481 e. The summed E-state index contributed by atoms with van der Waals surface area (Å²) < 4.78 is 8.94. The van der Waals surface area contributed by atoms with E-state index in [0.717, 1.165) is 29.5 Å². The van der Waals surface area contributed by atoms with Crippen LogP contribution in [0.2, 0.25) is 0 Å². The summed E-state index contributed by atoms with van der Waals surface area (Å²) in [6.45, 7) is 4.61. The monoisotopic (exact) mass is 414 g/mol. The Bertz CT molecular complexity index is 977. The summed E-state index contributed by atoms with van der Waals surface area (Å²) in [5.41, 5.74) is 1.33. The average molecular weight is 415 g/mol. The number of aromatic nitrogens is 4. The van der Waals surface area contributed by atoms with Gasteiger partial charge in [0.05, 0.1) is 16.3 Å². The Balaban J connectivity index is 1.59. The molecule has 1 atom stereocenters. The molecule has 1 unspecified atom stereocenters. The molecule has 0 radical (unpaired) electrons. The minimum atomic E-state index is -0.769. The van der Waals surface area contributed by atoms with E-state index >= 15 is 0 Å². The number of thiazole rings is 1. The summed E-state index contributed by atoms with van der Waals surface area (Å²) in [6, 6.07) is 6.46. The molecule has 29 heavy (non-hydrogen) atoms. The van der Waals surface area contributed by atoms with Crippen LogP contribution in [0, 0.1) is 11.3 Å². The summed E-state index contributed by atoms with van der Waals surface area (Å²) in [5, 5.41) is 18.0. The average Bonchev–Trinajstić information content (AvgIpc) is 3.33. The summed E-state index contributed by atoms with van der Waals surface area (Å²) in [7, 11) is 0. The molecule has 7 nitrogen and oxygen atoms in total. The molecule has 1 fully saturated rings. The molecule has 0 spiro atoms. The van der Waals surface area contributed by atoms with Gasteiger partial charge in [0.15, 0.2) is 0 Å². The molecule has 2 aromatic heterocycles. The third-order valence-corrected chi connectivity index (χ3v) is 7.15. The molecule has 3 aromatic rings. The van der Waals surface area contributed by atoms with Crippen molar-refractivity contribution in [2.24, 2.45) is 11.3 Å². The summed E-state index contributed by atoms with van der Waals surface area (Å²) in [4.78, 5) is 16.1. The highest BCUT2D eigenvalue weighted by atomic mass is 32.1. The van der Waals surface area contributed by atoms with Crippen molar-refractivity contribution >= 4 is 27.5 Å². The zero-order valence-electron chi connectivity index (χ0n) is 16.7. The molecule has 0 amide bonds. The molecule has 0 aliphatic heterocycles. The highest BCUT2D eigenvalue weighted by molar-refractivity contribution is 7.20. The number of fused-ring (bicyclic) bond motifs is 1. The molecular formula is C21H26N4O3S. The van der Waals surface area contributed by atoms with Crippen LogP contribution >= 0.6 is 11.3 Å². The van der Waals surface area contributed by atoms with Crippen LogP contribution in [0.3, 0.4) is 0 Å². The maximum absolute atomic E-state index is 11.5. The zero-order chi connectivity index (χ0) is 20.4. The van der Waals surface area contributed by atoms with E-state index in [1.54, 1.807) is 12.7 Å². The maximum atomic E-state index is 11.5. The van der Waals surface area contributed by atoms with E-state index < -0.39 is 11.4 Å². The van der Waals surface area contributed by atoms with Gasteiger partial charge in [0.1, 0.15) is 24.7 Å². The normalized spacial score (nSPS) is 16.7. The van der Waals surface area contributed by atoms with Gasteiger partial charge in [-0.2, -0.15) is 0 Å². The fourth-order valence-corrected chi connectivity index (χ4v) is 5.03. The number of hydrogen-bond acceptors (Lipinski definition) is 6. The largest absolute Gasteiger partial charge is 0.481 e. The molecule has 0 saturated heterocycles. The lowest BCUT2D eigenvalue weighted by Gasteiger charge is -2.36. The predicted octanol–water partition coefficient (Wildman–Crippen LogP) is 4.55. The van der Waals surface area contributed by atoms with Crippen LogP contribution in [0.25, 0.3) is 10.2 Å². The number of benzene rings is 1. The van der Waals surface area contributed by atoms with Gasteiger partial charge in [0.25, 0.3) is 5.19 Å². The molecule has 4 rings (SSSR count). The lowest BCUT2D eigenvalue weighted by Crippen LogP contribution is -2.43. The molecule has 8 heteroatoms. The molecule has 1 aromatic carbocycles. The van der Waals surface area contributed by atoms with E-state index in [0.29, 0.717) is 24.0 Å². The molecule has 1 N–H and O–H groups in total. The van der Waals surface area contributed by atoms with Crippen LogP contribution < -0.4 is 4.74 Å². The lowest BCUT2D eigenvalue weighted by molar-refractivity contribution is -0.157.